The van der Waals surface area contributed by atoms with Crippen LogP contribution in [0.25, 0.3) is 0 Å². The van der Waals surface area contributed by atoms with Crippen LogP contribution in [-0.2, 0) is 9.59 Å². The second kappa shape index (κ2) is 11.6. The Balaban J connectivity index is 2.43. The van der Waals surface area contributed by atoms with Gasteiger partial charge in [-0.05, 0) is 43.3 Å². The maximum Gasteiger partial charge on any atom is 0.226 e. The van der Waals surface area contributed by atoms with Gasteiger partial charge in [-0.15, -0.1) is 0 Å². The Morgan fingerprint density at radius 2 is 1.62 bits per heavy atom. The van der Waals surface area contributed by atoms with Gasteiger partial charge in [0, 0.05) is 24.2 Å². The van der Waals surface area contributed by atoms with E-state index in [1.54, 1.807) is 6.07 Å². The molecule has 0 aliphatic carbocycles. The first-order valence-corrected chi connectivity index (χ1v) is 8.96. The molecule has 1 aromatic carbocycles. The van der Waals surface area contributed by atoms with E-state index in [1.807, 2.05) is 25.1 Å². The van der Waals surface area contributed by atoms with E-state index in [0.29, 0.717) is 18.5 Å². The fourth-order valence-corrected chi connectivity index (χ4v) is 2.42. The maximum atomic E-state index is 11.8. The quantitative estimate of drug-likeness (QED) is 0.461. The molecule has 132 valence electrons. The van der Waals surface area contributed by atoms with Crippen LogP contribution in [0.4, 0.5) is 11.4 Å². The van der Waals surface area contributed by atoms with Crippen molar-refractivity contribution in [1.29, 1.82) is 0 Å². The maximum absolute atomic E-state index is 11.8. The third-order valence-electron chi connectivity index (χ3n) is 3.39. The van der Waals surface area contributed by atoms with Crippen LogP contribution in [0.1, 0.15) is 58.8 Å². The van der Waals surface area contributed by atoms with Gasteiger partial charge in [-0.3, -0.25) is 9.59 Å². The monoisotopic (exact) mass is 349 g/mol. The molecule has 0 atom stereocenters. The van der Waals surface area contributed by atoms with Gasteiger partial charge in [0.15, 0.2) is 5.11 Å². The first-order chi connectivity index (χ1) is 11.5. The van der Waals surface area contributed by atoms with E-state index in [9.17, 15) is 9.59 Å². The van der Waals surface area contributed by atoms with E-state index in [0.717, 1.165) is 37.8 Å². The highest BCUT2D eigenvalue weighted by Gasteiger charge is 2.06. The zero-order valence-electron chi connectivity index (χ0n) is 14.5. The molecule has 3 N–H and O–H groups in total. The lowest BCUT2D eigenvalue weighted by Gasteiger charge is -2.11. The Morgan fingerprint density at radius 1 is 0.917 bits per heavy atom. The summed E-state index contributed by atoms with van der Waals surface area (Å²) in [6.07, 6.45) is 6.00. The number of hydrogen-bond acceptors (Lipinski definition) is 3. The summed E-state index contributed by atoms with van der Waals surface area (Å²) < 4.78 is 0. The van der Waals surface area contributed by atoms with Gasteiger partial charge >= 0.3 is 0 Å². The molecule has 0 unspecified atom stereocenters. The fraction of sp³-hybridized carbons (Fsp3) is 0.500. The number of hydrogen-bond donors (Lipinski definition) is 3. The normalized spacial score (nSPS) is 10.1. The summed E-state index contributed by atoms with van der Waals surface area (Å²) in [4.78, 5) is 23.4. The van der Waals surface area contributed by atoms with Crippen molar-refractivity contribution in [1.82, 2.24) is 5.32 Å². The van der Waals surface area contributed by atoms with Crippen LogP contribution in [0.5, 0.6) is 0 Å². The summed E-state index contributed by atoms with van der Waals surface area (Å²) in [5.41, 5.74) is 1.42. The predicted octanol–water partition coefficient (Wildman–Crippen LogP) is 4.21. The highest BCUT2D eigenvalue weighted by Crippen LogP contribution is 2.15. The fourth-order valence-electron chi connectivity index (χ4n) is 2.19. The number of thiocarbonyl (C=S) groups is 1. The molecule has 0 aromatic heterocycles. The van der Waals surface area contributed by atoms with Gasteiger partial charge in [-0.1, -0.05) is 39.2 Å². The molecule has 2 amide bonds. The Kier molecular flexibility index (Phi) is 9.68. The smallest absolute Gasteiger partial charge is 0.226 e. The molecular weight excluding hydrogens is 322 g/mol. The summed E-state index contributed by atoms with van der Waals surface area (Å²) >= 11 is 5.16. The number of carbonyl (C=O) groups is 2. The number of benzene rings is 1. The molecule has 0 fully saturated rings. The molecule has 24 heavy (non-hydrogen) atoms. The van der Waals surface area contributed by atoms with Gasteiger partial charge in [0.05, 0.1) is 0 Å². The number of nitrogens with one attached hydrogen (secondary N) is 3. The first-order valence-electron chi connectivity index (χ1n) is 8.56. The Morgan fingerprint density at radius 3 is 2.29 bits per heavy atom. The minimum absolute atomic E-state index is 0.0161. The number of unbranched alkanes of at least 4 members (excludes halogenated alkanes) is 3. The number of anilines is 2. The van der Waals surface area contributed by atoms with E-state index >= 15 is 0 Å². The highest BCUT2D eigenvalue weighted by atomic mass is 32.1. The van der Waals surface area contributed by atoms with Crippen LogP contribution in [0.2, 0.25) is 0 Å². The van der Waals surface area contributed by atoms with Crippen LogP contribution in [-0.4, -0.2) is 16.9 Å². The zero-order valence-corrected chi connectivity index (χ0v) is 15.3. The Hall–Kier alpha value is -1.95. The van der Waals surface area contributed by atoms with Crippen molar-refractivity contribution in [2.24, 2.45) is 0 Å². The average Bonchev–Trinajstić information content (AvgIpc) is 2.52. The Bertz CT molecular complexity index is 561. The topological polar surface area (TPSA) is 70.2 Å². The predicted molar refractivity (Wildman–Crippen MR) is 103 cm³/mol. The molecule has 0 saturated heterocycles. The minimum Gasteiger partial charge on any atom is -0.332 e. The van der Waals surface area contributed by atoms with Gasteiger partial charge < -0.3 is 16.0 Å². The zero-order chi connectivity index (χ0) is 17.8. The van der Waals surface area contributed by atoms with E-state index < -0.39 is 0 Å². The van der Waals surface area contributed by atoms with Gasteiger partial charge in [0.25, 0.3) is 0 Å². The third kappa shape index (κ3) is 8.62. The van der Waals surface area contributed by atoms with Crippen molar-refractivity contribution >= 4 is 40.5 Å². The average molecular weight is 350 g/mol. The second-order valence-electron chi connectivity index (χ2n) is 5.69. The van der Waals surface area contributed by atoms with E-state index in [4.69, 9.17) is 12.2 Å². The molecule has 0 aliphatic heterocycles. The molecule has 0 radical (unpaired) electrons. The lowest BCUT2D eigenvalue weighted by Crippen LogP contribution is -2.33. The molecule has 6 heteroatoms. The number of rotatable bonds is 9. The number of amides is 2. The lowest BCUT2D eigenvalue weighted by atomic mass is 10.1. The molecule has 0 saturated carbocycles. The van der Waals surface area contributed by atoms with Crippen molar-refractivity contribution in [3.63, 3.8) is 0 Å². The van der Waals surface area contributed by atoms with Gasteiger partial charge in [0.1, 0.15) is 0 Å². The molecule has 1 rings (SSSR count). The molecule has 0 aliphatic rings. The van der Waals surface area contributed by atoms with Crippen LogP contribution in [0.15, 0.2) is 24.3 Å². The van der Waals surface area contributed by atoms with Crippen molar-refractivity contribution in [3.05, 3.63) is 24.3 Å². The van der Waals surface area contributed by atoms with Gasteiger partial charge in [-0.25, -0.2) is 0 Å². The summed E-state index contributed by atoms with van der Waals surface area (Å²) in [7, 11) is 0. The SMILES string of the molecule is CCCCCCC(=O)NC(=S)Nc1cccc(NC(=O)CCC)c1. The summed E-state index contributed by atoms with van der Waals surface area (Å²) in [6, 6.07) is 7.25. The van der Waals surface area contributed by atoms with Gasteiger partial charge in [0.2, 0.25) is 11.8 Å². The van der Waals surface area contributed by atoms with Crippen LogP contribution in [0, 0.1) is 0 Å². The van der Waals surface area contributed by atoms with Crippen molar-refractivity contribution in [2.75, 3.05) is 10.6 Å². The largest absolute Gasteiger partial charge is 0.332 e. The van der Waals surface area contributed by atoms with E-state index in [1.165, 1.54) is 0 Å². The molecule has 1 aromatic rings. The summed E-state index contributed by atoms with van der Waals surface area (Å²) in [6.45, 7) is 4.10. The Labute approximate surface area is 149 Å². The first kappa shape index (κ1) is 20.1. The van der Waals surface area contributed by atoms with E-state index in [-0.39, 0.29) is 16.9 Å². The molecule has 0 bridgehead atoms. The summed E-state index contributed by atoms with van der Waals surface area (Å²) in [5.74, 6) is -0.0892. The van der Waals surface area contributed by atoms with Gasteiger partial charge in [-0.2, -0.15) is 0 Å². The van der Waals surface area contributed by atoms with Crippen LogP contribution in [0.3, 0.4) is 0 Å². The van der Waals surface area contributed by atoms with Crippen LogP contribution < -0.4 is 16.0 Å². The van der Waals surface area contributed by atoms with Crippen LogP contribution >= 0.6 is 12.2 Å². The molecular formula is C18H27N3O2S. The van der Waals surface area contributed by atoms with E-state index in [2.05, 4.69) is 22.9 Å². The van der Waals surface area contributed by atoms with Crippen molar-refractivity contribution in [3.8, 4) is 0 Å². The molecule has 0 spiro atoms. The highest BCUT2D eigenvalue weighted by molar-refractivity contribution is 7.80. The van der Waals surface area contributed by atoms with Crippen molar-refractivity contribution < 1.29 is 9.59 Å². The molecule has 5 nitrogen and oxygen atoms in total. The number of carbonyl (C=O) groups excluding carboxylic acids is 2. The lowest BCUT2D eigenvalue weighted by molar-refractivity contribution is -0.119. The minimum atomic E-state index is -0.0731. The standard InChI is InChI=1S/C18H27N3O2S/c1-3-5-6-7-12-17(23)21-18(24)20-15-11-8-10-14(13-15)19-16(22)9-4-2/h8,10-11,13H,3-7,9,12H2,1-2H3,(H,19,22)(H2,20,21,23,24). The van der Waals surface area contributed by atoms with Crippen molar-refractivity contribution in [2.45, 2.75) is 58.8 Å². The third-order valence-corrected chi connectivity index (χ3v) is 3.60. The molecule has 0 heterocycles. The second-order valence-corrected chi connectivity index (χ2v) is 6.10. The summed E-state index contributed by atoms with van der Waals surface area (Å²) in [5, 5.41) is 8.75.